The molecular weight excluding hydrogens is 518 g/mol. The highest BCUT2D eigenvalue weighted by molar-refractivity contribution is 8.01. The number of amides is 1. The third kappa shape index (κ3) is 5.63. The Balaban J connectivity index is 1.90. The number of thioether (sulfide) groups is 1. The van der Waals surface area contributed by atoms with Gasteiger partial charge in [-0.15, -0.1) is 11.8 Å². The Bertz CT molecular complexity index is 1310. The molecule has 1 amide bonds. The van der Waals surface area contributed by atoms with Gasteiger partial charge in [0.1, 0.15) is 11.5 Å². The molecule has 0 unspecified atom stereocenters. The highest BCUT2D eigenvalue weighted by Crippen LogP contribution is 2.55. The quantitative estimate of drug-likeness (QED) is 0.298. The molecule has 1 aliphatic heterocycles. The van der Waals surface area contributed by atoms with Gasteiger partial charge in [-0.2, -0.15) is 0 Å². The Kier molecular flexibility index (Phi) is 8.60. The fourth-order valence-electron chi connectivity index (χ4n) is 4.76. The van der Waals surface area contributed by atoms with Crippen molar-refractivity contribution in [1.29, 1.82) is 0 Å². The van der Waals surface area contributed by atoms with Gasteiger partial charge in [-0.1, -0.05) is 6.07 Å². The smallest absolute Gasteiger partial charge is 0.325 e. The number of rotatable bonds is 10. The topological polar surface area (TPSA) is 83.5 Å². The standard InChI is InChI=1S/C30H33NO7S/c1-19(2)38-25-16-7-20(17-26(25)36-5)28-30(29(33)37-6,39-24-14-12-23(35-4)13-15-24)18-27(32)31(28)21-8-10-22(34-3)11-9-21/h7-17,19,28H,18H2,1-6H3/t28-,30-/m1/s1. The predicted octanol–water partition coefficient (Wildman–Crippen LogP) is 5.68. The minimum Gasteiger partial charge on any atom is -0.497 e. The van der Waals surface area contributed by atoms with E-state index in [1.165, 1.54) is 18.9 Å². The second-order valence-corrected chi connectivity index (χ2v) is 10.7. The lowest BCUT2D eigenvalue weighted by atomic mass is 9.92. The molecule has 0 aliphatic carbocycles. The molecule has 1 fully saturated rings. The van der Waals surface area contributed by atoms with Crippen molar-refractivity contribution in [2.75, 3.05) is 33.3 Å². The van der Waals surface area contributed by atoms with E-state index in [0.717, 1.165) is 4.90 Å². The molecule has 2 atom stereocenters. The molecule has 1 aliphatic rings. The molecule has 0 N–H and O–H groups in total. The summed E-state index contributed by atoms with van der Waals surface area (Å²) in [6.45, 7) is 3.87. The largest absolute Gasteiger partial charge is 0.497 e. The van der Waals surface area contributed by atoms with E-state index in [1.54, 1.807) is 38.4 Å². The summed E-state index contributed by atoms with van der Waals surface area (Å²) in [6.07, 6.45) is -0.131. The van der Waals surface area contributed by atoms with Gasteiger partial charge in [0.15, 0.2) is 16.2 Å². The molecule has 9 heteroatoms. The van der Waals surface area contributed by atoms with E-state index in [4.69, 9.17) is 23.7 Å². The third-order valence-corrected chi connectivity index (χ3v) is 7.90. The minimum absolute atomic E-state index is 0.0617. The lowest BCUT2D eigenvalue weighted by molar-refractivity contribution is -0.144. The first-order chi connectivity index (χ1) is 18.8. The van der Waals surface area contributed by atoms with E-state index < -0.39 is 16.8 Å². The zero-order chi connectivity index (χ0) is 28.2. The summed E-state index contributed by atoms with van der Waals surface area (Å²) < 4.78 is 26.3. The second kappa shape index (κ2) is 11.9. The average molecular weight is 552 g/mol. The highest BCUT2D eigenvalue weighted by atomic mass is 32.2. The lowest BCUT2D eigenvalue weighted by Gasteiger charge is -2.36. The van der Waals surface area contributed by atoms with Crippen LogP contribution in [0.5, 0.6) is 23.0 Å². The van der Waals surface area contributed by atoms with Crippen molar-refractivity contribution in [2.45, 2.75) is 42.1 Å². The SMILES string of the molecule is COC(=O)[C@@]1(Sc2ccc(OC)cc2)CC(=O)N(c2ccc(OC)cc2)[C@@H]1c1ccc(OC(C)C)c(OC)c1. The number of ether oxygens (including phenoxy) is 5. The van der Waals surface area contributed by atoms with Crippen LogP contribution in [0.15, 0.2) is 71.6 Å². The summed E-state index contributed by atoms with van der Waals surface area (Å²) in [4.78, 5) is 30.0. The summed E-state index contributed by atoms with van der Waals surface area (Å²) in [5.74, 6) is 1.71. The Morgan fingerprint density at radius 1 is 0.872 bits per heavy atom. The van der Waals surface area contributed by atoms with Crippen LogP contribution < -0.4 is 23.8 Å². The Morgan fingerprint density at radius 3 is 2.03 bits per heavy atom. The molecule has 4 rings (SSSR count). The fourth-order valence-corrected chi connectivity index (χ4v) is 6.17. The molecule has 3 aromatic rings. The molecular formula is C30H33NO7S. The molecule has 0 bridgehead atoms. The number of methoxy groups -OCH3 is 4. The number of carbonyl (C=O) groups excluding carboxylic acids is 2. The highest BCUT2D eigenvalue weighted by Gasteiger charge is 2.59. The van der Waals surface area contributed by atoms with E-state index in [9.17, 15) is 9.59 Å². The maximum atomic E-state index is 13.8. The summed E-state index contributed by atoms with van der Waals surface area (Å²) >= 11 is 1.30. The van der Waals surface area contributed by atoms with Crippen molar-refractivity contribution in [3.63, 3.8) is 0 Å². The van der Waals surface area contributed by atoms with Crippen LogP contribution in [0.2, 0.25) is 0 Å². The van der Waals surface area contributed by atoms with Gasteiger partial charge < -0.3 is 28.6 Å². The third-order valence-electron chi connectivity index (χ3n) is 6.49. The zero-order valence-corrected chi connectivity index (χ0v) is 23.7. The Hall–Kier alpha value is -3.85. The van der Waals surface area contributed by atoms with Crippen molar-refractivity contribution in [1.82, 2.24) is 0 Å². The number of carbonyl (C=O) groups is 2. The molecule has 1 saturated heterocycles. The first-order valence-electron chi connectivity index (χ1n) is 12.5. The van der Waals surface area contributed by atoms with E-state index in [0.29, 0.717) is 34.2 Å². The van der Waals surface area contributed by atoms with Crippen LogP contribution >= 0.6 is 11.8 Å². The molecule has 206 valence electrons. The van der Waals surface area contributed by atoms with Gasteiger partial charge in [-0.25, -0.2) is 0 Å². The van der Waals surface area contributed by atoms with Gasteiger partial charge in [-0.05, 0) is 80.1 Å². The second-order valence-electron chi connectivity index (χ2n) is 9.28. The monoisotopic (exact) mass is 551 g/mol. The van der Waals surface area contributed by atoms with Crippen LogP contribution in [0.25, 0.3) is 0 Å². The number of nitrogens with zero attached hydrogens (tertiary/aromatic N) is 1. The Morgan fingerprint density at radius 2 is 1.49 bits per heavy atom. The van der Waals surface area contributed by atoms with Gasteiger partial charge in [-0.3, -0.25) is 9.59 Å². The van der Waals surface area contributed by atoms with Gasteiger partial charge in [0.2, 0.25) is 5.91 Å². The van der Waals surface area contributed by atoms with Crippen LogP contribution in [0.1, 0.15) is 31.9 Å². The maximum Gasteiger partial charge on any atom is 0.325 e. The predicted molar refractivity (Wildman–Crippen MR) is 150 cm³/mol. The molecule has 39 heavy (non-hydrogen) atoms. The van der Waals surface area contributed by atoms with Gasteiger partial charge in [0, 0.05) is 10.6 Å². The van der Waals surface area contributed by atoms with Crippen LogP contribution in [0.3, 0.4) is 0 Å². The van der Waals surface area contributed by atoms with Gasteiger partial charge >= 0.3 is 5.97 Å². The fraction of sp³-hybridized carbons (Fsp3) is 0.333. The van der Waals surface area contributed by atoms with Crippen molar-refractivity contribution in [2.24, 2.45) is 0 Å². The van der Waals surface area contributed by atoms with Gasteiger partial charge in [0.05, 0.1) is 47.0 Å². The van der Waals surface area contributed by atoms with E-state index in [1.807, 2.05) is 68.4 Å². The molecule has 3 aromatic carbocycles. The first kappa shape index (κ1) is 28.2. The van der Waals surface area contributed by atoms with Crippen molar-refractivity contribution < 1.29 is 33.3 Å². The van der Waals surface area contributed by atoms with Crippen LogP contribution in [-0.2, 0) is 14.3 Å². The molecule has 0 spiro atoms. The lowest BCUT2D eigenvalue weighted by Crippen LogP contribution is -2.42. The number of anilines is 1. The summed E-state index contributed by atoms with van der Waals surface area (Å²) in [6, 6.07) is 19.3. The van der Waals surface area contributed by atoms with Crippen LogP contribution in [0, 0.1) is 0 Å². The molecule has 0 saturated carbocycles. The number of benzene rings is 3. The van der Waals surface area contributed by atoms with E-state index >= 15 is 0 Å². The van der Waals surface area contributed by atoms with Crippen molar-refractivity contribution >= 4 is 29.3 Å². The molecule has 1 heterocycles. The number of hydrogen-bond acceptors (Lipinski definition) is 8. The first-order valence-corrected chi connectivity index (χ1v) is 13.3. The minimum atomic E-state index is -1.30. The molecule has 8 nitrogen and oxygen atoms in total. The van der Waals surface area contributed by atoms with Crippen LogP contribution in [-0.4, -0.2) is 51.2 Å². The zero-order valence-electron chi connectivity index (χ0n) is 22.9. The van der Waals surface area contributed by atoms with Gasteiger partial charge in [0.25, 0.3) is 0 Å². The maximum absolute atomic E-state index is 13.8. The number of esters is 1. The summed E-state index contributed by atoms with van der Waals surface area (Å²) in [5.41, 5.74) is 1.34. The summed E-state index contributed by atoms with van der Waals surface area (Å²) in [7, 11) is 6.08. The number of hydrogen-bond donors (Lipinski definition) is 0. The summed E-state index contributed by atoms with van der Waals surface area (Å²) in [5, 5.41) is 0. The van der Waals surface area contributed by atoms with E-state index in [2.05, 4.69) is 0 Å². The van der Waals surface area contributed by atoms with Crippen molar-refractivity contribution in [3.05, 3.63) is 72.3 Å². The molecule has 0 radical (unpaired) electrons. The Labute approximate surface area is 233 Å². The van der Waals surface area contributed by atoms with Crippen LogP contribution in [0.4, 0.5) is 5.69 Å². The normalized spacial score (nSPS) is 18.7. The van der Waals surface area contributed by atoms with Crippen molar-refractivity contribution in [3.8, 4) is 23.0 Å². The average Bonchev–Trinajstić information content (AvgIpc) is 3.25. The molecule has 0 aromatic heterocycles. The van der Waals surface area contributed by atoms with E-state index in [-0.39, 0.29) is 18.4 Å².